The fourth-order valence-corrected chi connectivity index (χ4v) is 4.78. The summed E-state index contributed by atoms with van der Waals surface area (Å²) in [6, 6.07) is 13.4. The van der Waals surface area contributed by atoms with Gasteiger partial charge in [0.25, 0.3) is 0 Å². The van der Waals surface area contributed by atoms with Crippen LogP contribution in [0.5, 0.6) is 0 Å². The average Bonchev–Trinajstić information content (AvgIpc) is 2.82. The summed E-state index contributed by atoms with van der Waals surface area (Å²) in [6.45, 7) is 3.71. The molecular weight excluding hydrogens is 372 g/mol. The van der Waals surface area contributed by atoms with Crippen LogP contribution in [0.3, 0.4) is 0 Å². The minimum atomic E-state index is 0.506. The third-order valence-corrected chi connectivity index (χ3v) is 6.36. The van der Waals surface area contributed by atoms with E-state index in [1.54, 1.807) is 0 Å². The lowest BCUT2D eigenvalue weighted by Crippen LogP contribution is -2.41. The summed E-state index contributed by atoms with van der Waals surface area (Å²) < 4.78 is 0. The molecule has 6 heteroatoms. The van der Waals surface area contributed by atoms with Crippen LogP contribution in [0.15, 0.2) is 30.3 Å². The number of fused-ring (bicyclic) bond motifs is 1. The van der Waals surface area contributed by atoms with E-state index >= 15 is 0 Å². The van der Waals surface area contributed by atoms with Gasteiger partial charge >= 0.3 is 0 Å². The molecule has 1 aromatic carbocycles. The quantitative estimate of drug-likeness (QED) is 0.653. The molecule has 0 unspecified atom stereocenters. The Kier molecular flexibility index (Phi) is 6.83. The Morgan fingerprint density at radius 1 is 1.07 bits per heavy atom. The number of anilines is 2. The van der Waals surface area contributed by atoms with Crippen molar-refractivity contribution in [2.45, 2.75) is 57.7 Å². The molecule has 1 fully saturated rings. The number of nitrogens with zero attached hydrogens (tertiary/aromatic N) is 3. The maximum absolute atomic E-state index is 9.89. The molecule has 4 N–H and O–H groups in total. The van der Waals surface area contributed by atoms with Crippen molar-refractivity contribution >= 4 is 11.6 Å². The first-order valence-corrected chi connectivity index (χ1v) is 11.2. The van der Waals surface area contributed by atoms with Crippen LogP contribution in [-0.4, -0.2) is 35.6 Å². The summed E-state index contributed by atoms with van der Waals surface area (Å²) in [6.07, 6.45) is 7.50. The van der Waals surface area contributed by atoms with Crippen LogP contribution in [-0.2, 0) is 19.5 Å². The molecule has 0 atom stereocenters. The van der Waals surface area contributed by atoms with Crippen LogP contribution < -0.4 is 16.4 Å². The minimum absolute atomic E-state index is 0.506. The molecule has 30 heavy (non-hydrogen) atoms. The summed E-state index contributed by atoms with van der Waals surface area (Å²) in [5, 5.41) is 16.7. The number of hydrogen-bond acceptors (Lipinski definition) is 6. The van der Waals surface area contributed by atoms with E-state index in [1.807, 2.05) is 6.07 Å². The highest BCUT2D eigenvalue weighted by Crippen LogP contribution is 2.34. The van der Waals surface area contributed by atoms with Crippen LogP contribution in [0.25, 0.3) is 0 Å². The molecule has 1 aliphatic carbocycles. The Morgan fingerprint density at radius 2 is 1.87 bits per heavy atom. The van der Waals surface area contributed by atoms with Gasteiger partial charge in [0.1, 0.15) is 17.7 Å². The molecule has 1 saturated carbocycles. The van der Waals surface area contributed by atoms with E-state index in [0.717, 1.165) is 30.9 Å². The molecular formula is C24H32N6. The largest absolute Gasteiger partial charge is 0.368 e. The molecule has 0 bridgehead atoms. The second-order valence-corrected chi connectivity index (χ2v) is 8.32. The van der Waals surface area contributed by atoms with Gasteiger partial charge in [-0.2, -0.15) is 5.26 Å². The topological polar surface area (TPSA) is 90.0 Å². The second kappa shape index (κ2) is 9.92. The van der Waals surface area contributed by atoms with Gasteiger partial charge in [-0.1, -0.05) is 49.6 Å². The first kappa shape index (κ1) is 20.6. The Bertz CT molecular complexity index is 883. The number of nitriles is 1. The van der Waals surface area contributed by atoms with Gasteiger partial charge in [-0.15, -0.1) is 0 Å². The number of pyridine rings is 1. The molecule has 0 saturated heterocycles. The van der Waals surface area contributed by atoms with Crippen molar-refractivity contribution in [3.05, 3.63) is 52.6 Å². The van der Waals surface area contributed by atoms with Crippen LogP contribution in [0.2, 0.25) is 0 Å². The van der Waals surface area contributed by atoms with E-state index in [-0.39, 0.29) is 0 Å². The monoisotopic (exact) mass is 404 g/mol. The highest BCUT2D eigenvalue weighted by atomic mass is 15.2. The maximum Gasteiger partial charge on any atom is 0.146 e. The fourth-order valence-electron chi connectivity index (χ4n) is 4.78. The molecule has 1 aliphatic heterocycles. The summed E-state index contributed by atoms with van der Waals surface area (Å²) in [4.78, 5) is 7.48. The molecule has 6 nitrogen and oxygen atoms in total. The van der Waals surface area contributed by atoms with Crippen molar-refractivity contribution < 1.29 is 0 Å². The Labute approximate surface area is 179 Å². The smallest absolute Gasteiger partial charge is 0.146 e. The molecule has 158 valence electrons. The van der Waals surface area contributed by atoms with E-state index < -0.39 is 0 Å². The van der Waals surface area contributed by atoms with E-state index in [9.17, 15) is 5.26 Å². The van der Waals surface area contributed by atoms with Crippen LogP contribution in [0.1, 0.15) is 54.4 Å². The third kappa shape index (κ3) is 4.58. The van der Waals surface area contributed by atoms with Gasteiger partial charge < -0.3 is 16.4 Å². The van der Waals surface area contributed by atoms with Crippen molar-refractivity contribution in [1.82, 2.24) is 9.88 Å². The second-order valence-electron chi connectivity index (χ2n) is 8.32. The lowest BCUT2D eigenvalue weighted by atomic mass is 9.90. The van der Waals surface area contributed by atoms with Gasteiger partial charge in [-0.25, -0.2) is 4.98 Å². The van der Waals surface area contributed by atoms with Crippen molar-refractivity contribution in [3.63, 3.8) is 0 Å². The number of benzene rings is 1. The van der Waals surface area contributed by atoms with Crippen LogP contribution >= 0.6 is 0 Å². The highest BCUT2D eigenvalue weighted by Gasteiger charge is 2.29. The number of aromatic nitrogens is 1. The predicted octanol–water partition coefficient (Wildman–Crippen LogP) is 3.63. The van der Waals surface area contributed by atoms with E-state index in [2.05, 4.69) is 45.9 Å². The summed E-state index contributed by atoms with van der Waals surface area (Å²) in [5.41, 5.74) is 9.93. The third-order valence-electron chi connectivity index (χ3n) is 6.36. The lowest BCUT2D eigenvalue weighted by Gasteiger charge is -2.38. The zero-order chi connectivity index (χ0) is 20.8. The Morgan fingerprint density at radius 3 is 2.60 bits per heavy atom. The summed E-state index contributed by atoms with van der Waals surface area (Å²) in [5.74, 6) is 1.55. The number of nitrogens with two attached hydrogens (primary N) is 1. The highest BCUT2D eigenvalue weighted by molar-refractivity contribution is 5.66. The Hall–Kier alpha value is -2.62. The van der Waals surface area contributed by atoms with Crippen molar-refractivity contribution in [2.24, 2.45) is 5.73 Å². The van der Waals surface area contributed by atoms with E-state index in [0.29, 0.717) is 37.1 Å². The molecule has 0 radical (unpaired) electrons. The van der Waals surface area contributed by atoms with Crippen molar-refractivity contribution in [2.75, 3.05) is 30.3 Å². The Balaban J connectivity index is 1.65. The zero-order valence-electron chi connectivity index (χ0n) is 17.7. The molecule has 2 aromatic rings. The van der Waals surface area contributed by atoms with E-state index in [1.165, 1.54) is 43.2 Å². The minimum Gasteiger partial charge on any atom is -0.368 e. The molecule has 0 spiro atoms. The molecule has 0 amide bonds. The van der Waals surface area contributed by atoms with Crippen molar-refractivity contribution in [1.29, 1.82) is 5.26 Å². The lowest BCUT2D eigenvalue weighted by molar-refractivity contribution is 0.141. The number of hydrogen-bond donors (Lipinski definition) is 3. The molecule has 2 heterocycles. The first-order chi connectivity index (χ1) is 14.8. The first-order valence-electron chi connectivity index (χ1n) is 11.2. The normalized spacial score (nSPS) is 17.2. The number of nitrogens with one attached hydrogen (secondary N) is 2. The van der Waals surface area contributed by atoms with Gasteiger partial charge in [0.15, 0.2) is 0 Å². The average molecular weight is 405 g/mol. The van der Waals surface area contributed by atoms with Gasteiger partial charge in [0, 0.05) is 44.3 Å². The van der Waals surface area contributed by atoms with Gasteiger partial charge in [-0.05, 0) is 30.4 Å². The molecule has 2 aliphatic rings. The summed E-state index contributed by atoms with van der Waals surface area (Å²) in [7, 11) is 0. The number of rotatable bonds is 7. The zero-order valence-corrected chi connectivity index (χ0v) is 17.7. The van der Waals surface area contributed by atoms with Gasteiger partial charge in [0.05, 0.1) is 5.56 Å². The van der Waals surface area contributed by atoms with Gasteiger partial charge in [0.2, 0.25) is 0 Å². The maximum atomic E-state index is 9.89. The fraction of sp³-hybridized carbons (Fsp3) is 0.500. The SMILES string of the molecule is N#Cc1c(NCCN)nc(NCc2ccccc2)c2c1CCN(C1CCCCC1)C2. The molecule has 1 aromatic heterocycles. The van der Waals surface area contributed by atoms with Crippen LogP contribution in [0, 0.1) is 11.3 Å². The predicted molar refractivity (Wildman–Crippen MR) is 121 cm³/mol. The molecule has 4 rings (SSSR count). The van der Waals surface area contributed by atoms with E-state index in [4.69, 9.17) is 10.7 Å². The summed E-state index contributed by atoms with van der Waals surface area (Å²) >= 11 is 0. The standard InChI is InChI=1S/C24H32N6/c25-12-13-27-23-21(15-26)20-11-14-30(19-9-5-2-6-10-19)17-22(20)24(29-23)28-16-18-7-3-1-4-8-18/h1,3-4,7-8,19H,2,5-6,9-14,16-17,25H2,(H2,27,28,29). The van der Waals surface area contributed by atoms with Crippen molar-refractivity contribution in [3.8, 4) is 6.07 Å². The van der Waals surface area contributed by atoms with Crippen LogP contribution in [0.4, 0.5) is 11.6 Å². The van der Waals surface area contributed by atoms with Gasteiger partial charge in [-0.3, -0.25) is 4.90 Å².